The van der Waals surface area contributed by atoms with Gasteiger partial charge in [0.1, 0.15) is 0 Å². The molecule has 0 bridgehead atoms. The van der Waals surface area contributed by atoms with Gasteiger partial charge in [0.2, 0.25) is 5.91 Å². The molecule has 0 saturated carbocycles. The van der Waals surface area contributed by atoms with E-state index in [0.29, 0.717) is 0 Å². The maximum atomic E-state index is 11.0. The van der Waals surface area contributed by atoms with E-state index in [1.165, 1.54) is 11.3 Å². The number of amides is 1. The predicted octanol–water partition coefficient (Wildman–Crippen LogP) is 1.26. The van der Waals surface area contributed by atoms with Gasteiger partial charge in [-0.3, -0.25) is 9.59 Å². The van der Waals surface area contributed by atoms with Crippen LogP contribution in [0.4, 0.5) is 5.00 Å². The van der Waals surface area contributed by atoms with E-state index in [2.05, 4.69) is 4.90 Å². The molecule has 0 atom stereocenters. The number of hydrogen-bond donors (Lipinski definition) is 1. The summed E-state index contributed by atoms with van der Waals surface area (Å²) in [5.74, 6) is -0.179. The predicted molar refractivity (Wildman–Crippen MR) is 63.8 cm³/mol. The third kappa shape index (κ3) is 2.24. The minimum absolute atomic E-state index is 0.0155. The highest BCUT2D eigenvalue weighted by Crippen LogP contribution is 2.29. The topological polar surface area (TPSA) is 63.4 Å². The average molecular weight is 238 g/mol. The molecule has 0 unspecified atom stereocenters. The first-order valence-corrected chi connectivity index (χ1v) is 6.11. The molecule has 86 valence electrons. The average Bonchev–Trinajstić information content (AvgIpc) is 2.77. The lowest BCUT2D eigenvalue weighted by molar-refractivity contribution is -0.122. The van der Waals surface area contributed by atoms with E-state index < -0.39 is 0 Å². The standard InChI is InChI=1S/C11H14N2O2S/c12-11(15)8-3-5-13(6-4-8)10-2-1-9(7-14)16-10/h1-2,7-8H,3-6H2,(H2,12,15). The largest absolute Gasteiger partial charge is 0.369 e. The molecule has 16 heavy (non-hydrogen) atoms. The van der Waals surface area contributed by atoms with E-state index >= 15 is 0 Å². The van der Waals surface area contributed by atoms with Crippen LogP contribution in [0.25, 0.3) is 0 Å². The van der Waals surface area contributed by atoms with E-state index in [9.17, 15) is 9.59 Å². The number of nitrogens with zero attached hydrogens (tertiary/aromatic N) is 1. The summed E-state index contributed by atoms with van der Waals surface area (Å²) in [4.78, 5) is 24.5. The molecule has 1 saturated heterocycles. The number of carbonyl (C=O) groups excluding carboxylic acids is 2. The highest BCUT2D eigenvalue weighted by Gasteiger charge is 2.23. The number of nitrogens with two attached hydrogens (primary N) is 1. The summed E-state index contributed by atoms with van der Waals surface area (Å²) in [6, 6.07) is 3.78. The van der Waals surface area contributed by atoms with Gasteiger partial charge in [0.05, 0.1) is 9.88 Å². The van der Waals surface area contributed by atoms with Crippen molar-refractivity contribution in [2.45, 2.75) is 12.8 Å². The first-order valence-electron chi connectivity index (χ1n) is 5.30. The lowest BCUT2D eigenvalue weighted by Gasteiger charge is -2.31. The zero-order valence-corrected chi connectivity index (χ0v) is 9.70. The second-order valence-corrected chi connectivity index (χ2v) is 5.05. The second-order valence-electron chi connectivity index (χ2n) is 3.96. The summed E-state index contributed by atoms with van der Waals surface area (Å²) in [6.45, 7) is 1.68. The fraction of sp³-hybridized carbons (Fsp3) is 0.455. The first kappa shape index (κ1) is 11.1. The number of hydrogen-bond acceptors (Lipinski definition) is 4. The summed E-state index contributed by atoms with van der Waals surface area (Å²) in [6.07, 6.45) is 2.48. The second kappa shape index (κ2) is 4.65. The van der Waals surface area contributed by atoms with Gasteiger partial charge in [0, 0.05) is 19.0 Å². The van der Waals surface area contributed by atoms with Crippen LogP contribution < -0.4 is 10.6 Å². The van der Waals surface area contributed by atoms with Gasteiger partial charge in [-0.1, -0.05) is 0 Å². The zero-order valence-electron chi connectivity index (χ0n) is 8.89. The number of thiophene rings is 1. The van der Waals surface area contributed by atoms with Crippen molar-refractivity contribution in [3.63, 3.8) is 0 Å². The lowest BCUT2D eigenvalue weighted by Crippen LogP contribution is -2.38. The number of carbonyl (C=O) groups is 2. The Labute approximate surface area is 98.0 Å². The third-order valence-corrected chi connectivity index (χ3v) is 4.01. The van der Waals surface area contributed by atoms with Crippen molar-refractivity contribution < 1.29 is 9.59 Å². The lowest BCUT2D eigenvalue weighted by atomic mass is 9.96. The maximum Gasteiger partial charge on any atom is 0.220 e. The van der Waals surface area contributed by atoms with Crippen molar-refractivity contribution in [3.8, 4) is 0 Å². The molecule has 2 heterocycles. The molecule has 4 nitrogen and oxygen atoms in total. The Morgan fingerprint density at radius 2 is 2.12 bits per heavy atom. The monoisotopic (exact) mass is 238 g/mol. The summed E-state index contributed by atoms with van der Waals surface area (Å²) >= 11 is 1.49. The maximum absolute atomic E-state index is 11.0. The highest BCUT2D eigenvalue weighted by atomic mass is 32.1. The molecule has 0 spiro atoms. The Kier molecular flexibility index (Phi) is 3.24. The van der Waals surface area contributed by atoms with Gasteiger partial charge in [-0.25, -0.2) is 0 Å². The van der Waals surface area contributed by atoms with Crippen molar-refractivity contribution >= 4 is 28.5 Å². The summed E-state index contributed by atoms with van der Waals surface area (Å²) < 4.78 is 0. The minimum Gasteiger partial charge on any atom is -0.369 e. The molecule has 2 N–H and O–H groups in total. The van der Waals surface area contributed by atoms with Crippen LogP contribution in [-0.4, -0.2) is 25.3 Å². The number of piperidine rings is 1. The third-order valence-electron chi connectivity index (χ3n) is 2.94. The summed E-state index contributed by atoms with van der Waals surface area (Å²) in [7, 11) is 0. The molecular formula is C11H14N2O2S. The van der Waals surface area contributed by atoms with Crippen LogP contribution >= 0.6 is 11.3 Å². The van der Waals surface area contributed by atoms with Gasteiger partial charge in [-0.05, 0) is 25.0 Å². The molecule has 1 amide bonds. The van der Waals surface area contributed by atoms with Crippen LogP contribution in [0.5, 0.6) is 0 Å². The van der Waals surface area contributed by atoms with E-state index in [0.717, 1.165) is 42.1 Å². The van der Waals surface area contributed by atoms with Gasteiger partial charge in [-0.2, -0.15) is 0 Å². The molecule has 0 aliphatic carbocycles. The Morgan fingerprint density at radius 1 is 1.44 bits per heavy atom. The molecule has 0 radical (unpaired) electrons. The fourth-order valence-electron chi connectivity index (χ4n) is 1.96. The molecule has 1 aromatic heterocycles. The van der Waals surface area contributed by atoms with Crippen LogP contribution in [0, 0.1) is 5.92 Å². The summed E-state index contributed by atoms with van der Waals surface area (Å²) in [5.41, 5.74) is 5.28. The normalized spacial score (nSPS) is 17.4. The van der Waals surface area contributed by atoms with Crippen molar-refractivity contribution in [2.24, 2.45) is 11.7 Å². The van der Waals surface area contributed by atoms with Crippen molar-refractivity contribution in [1.82, 2.24) is 0 Å². The molecule has 1 aliphatic rings. The van der Waals surface area contributed by atoms with Crippen LogP contribution in [0.2, 0.25) is 0 Å². The number of anilines is 1. The molecule has 2 rings (SSSR count). The highest BCUT2D eigenvalue weighted by molar-refractivity contribution is 7.17. The molecule has 1 fully saturated rings. The van der Waals surface area contributed by atoms with E-state index in [1.807, 2.05) is 12.1 Å². The Bertz CT molecular complexity index is 394. The van der Waals surface area contributed by atoms with Crippen molar-refractivity contribution in [1.29, 1.82) is 0 Å². The molecule has 5 heteroatoms. The van der Waals surface area contributed by atoms with Gasteiger partial charge in [0.25, 0.3) is 0 Å². The van der Waals surface area contributed by atoms with Gasteiger partial charge >= 0.3 is 0 Å². The SMILES string of the molecule is NC(=O)C1CCN(c2ccc(C=O)s2)CC1. The van der Waals surface area contributed by atoms with Crippen LogP contribution in [-0.2, 0) is 4.79 Å². The Balaban J connectivity index is 1.98. The Hall–Kier alpha value is -1.36. The summed E-state index contributed by atoms with van der Waals surface area (Å²) in [5, 5.41) is 1.10. The molecular weight excluding hydrogens is 224 g/mol. The zero-order chi connectivity index (χ0) is 11.5. The first-order chi connectivity index (χ1) is 7.70. The quantitative estimate of drug-likeness (QED) is 0.806. The molecule has 1 aliphatic heterocycles. The van der Waals surface area contributed by atoms with E-state index in [-0.39, 0.29) is 11.8 Å². The van der Waals surface area contributed by atoms with Crippen LogP contribution in [0.3, 0.4) is 0 Å². The van der Waals surface area contributed by atoms with E-state index in [1.54, 1.807) is 0 Å². The van der Waals surface area contributed by atoms with Crippen LogP contribution in [0.1, 0.15) is 22.5 Å². The van der Waals surface area contributed by atoms with Gasteiger partial charge in [0.15, 0.2) is 6.29 Å². The fourth-order valence-corrected chi connectivity index (χ4v) is 2.83. The molecule has 0 aromatic carbocycles. The minimum atomic E-state index is -0.195. The van der Waals surface area contributed by atoms with Crippen molar-refractivity contribution in [2.75, 3.05) is 18.0 Å². The number of rotatable bonds is 3. The number of aldehydes is 1. The smallest absolute Gasteiger partial charge is 0.220 e. The van der Waals surface area contributed by atoms with Crippen LogP contribution in [0.15, 0.2) is 12.1 Å². The number of primary amides is 1. The van der Waals surface area contributed by atoms with Crippen molar-refractivity contribution in [3.05, 3.63) is 17.0 Å². The van der Waals surface area contributed by atoms with Gasteiger partial charge in [-0.15, -0.1) is 11.3 Å². The molecule has 1 aromatic rings. The van der Waals surface area contributed by atoms with Gasteiger partial charge < -0.3 is 10.6 Å². The van der Waals surface area contributed by atoms with E-state index in [4.69, 9.17) is 5.73 Å². The Morgan fingerprint density at radius 3 is 2.62 bits per heavy atom.